The highest BCUT2D eigenvalue weighted by Gasteiger charge is 2.24. The van der Waals surface area contributed by atoms with Gasteiger partial charge in [-0.05, 0) is 19.2 Å². The highest BCUT2D eigenvalue weighted by molar-refractivity contribution is 5.89. The Balaban J connectivity index is 2.02. The zero-order valence-corrected chi connectivity index (χ0v) is 11.0. The number of likely N-dealkylation sites (N-methyl/N-ethyl adjacent to an activating group) is 1. The predicted molar refractivity (Wildman–Crippen MR) is 75.4 cm³/mol. The van der Waals surface area contributed by atoms with Gasteiger partial charge in [-0.25, -0.2) is 9.97 Å². The summed E-state index contributed by atoms with van der Waals surface area (Å²) in [5, 5.41) is 4.32. The number of nitrogens with one attached hydrogen (secondary N) is 1. The number of morpholine rings is 1. The summed E-state index contributed by atoms with van der Waals surface area (Å²) in [7, 11) is 1.96. The van der Waals surface area contributed by atoms with E-state index in [9.17, 15) is 0 Å². The van der Waals surface area contributed by atoms with Crippen LogP contribution in [-0.4, -0.2) is 49.4 Å². The summed E-state index contributed by atoms with van der Waals surface area (Å²) in [6.45, 7) is 3.24. The normalized spacial score (nSPS) is 19.8. The van der Waals surface area contributed by atoms with Gasteiger partial charge in [0.1, 0.15) is 12.1 Å². The zero-order chi connectivity index (χ0) is 13.1. The number of nitrogens with zero attached hydrogens (tertiary/aromatic N) is 3. The number of para-hydroxylation sites is 1. The lowest BCUT2D eigenvalue weighted by atomic mass is 10.1. The summed E-state index contributed by atoms with van der Waals surface area (Å²) in [5.74, 6) is 1.01. The number of anilines is 1. The van der Waals surface area contributed by atoms with Gasteiger partial charge in [0.25, 0.3) is 0 Å². The zero-order valence-electron chi connectivity index (χ0n) is 11.0. The standard InChI is InChI=1S/C14H18N4O/c1-15-8-11-9-19-7-6-18(11)14-12-4-2-3-5-13(12)16-10-17-14/h2-5,10-11,15H,6-9H2,1H3. The summed E-state index contributed by atoms with van der Waals surface area (Å²) in [4.78, 5) is 11.1. The van der Waals surface area contributed by atoms with E-state index in [1.54, 1.807) is 6.33 Å². The van der Waals surface area contributed by atoms with Gasteiger partial charge in [0, 0.05) is 18.5 Å². The smallest absolute Gasteiger partial charge is 0.140 e. The fourth-order valence-electron chi connectivity index (χ4n) is 2.56. The Hall–Kier alpha value is -1.72. The Kier molecular flexibility index (Phi) is 3.57. The highest BCUT2D eigenvalue weighted by Crippen LogP contribution is 2.25. The molecule has 19 heavy (non-hydrogen) atoms. The van der Waals surface area contributed by atoms with Crippen molar-refractivity contribution in [2.45, 2.75) is 6.04 Å². The number of hydrogen-bond acceptors (Lipinski definition) is 5. The molecule has 1 fully saturated rings. The van der Waals surface area contributed by atoms with Crippen LogP contribution in [0.15, 0.2) is 30.6 Å². The van der Waals surface area contributed by atoms with E-state index in [1.807, 2.05) is 25.2 Å². The SMILES string of the molecule is CNCC1COCCN1c1ncnc2ccccc12. The molecular weight excluding hydrogens is 240 g/mol. The van der Waals surface area contributed by atoms with Crippen molar-refractivity contribution in [1.29, 1.82) is 0 Å². The fourth-order valence-corrected chi connectivity index (χ4v) is 2.56. The minimum Gasteiger partial charge on any atom is -0.377 e. The van der Waals surface area contributed by atoms with Gasteiger partial charge in [0.05, 0.1) is 24.8 Å². The average molecular weight is 258 g/mol. The molecule has 1 saturated heterocycles. The first-order valence-corrected chi connectivity index (χ1v) is 6.59. The van der Waals surface area contributed by atoms with Crippen molar-refractivity contribution in [2.24, 2.45) is 0 Å². The molecule has 0 bridgehead atoms. The minimum atomic E-state index is 0.317. The number of benzene rings is 1. The third kappa shape index (κ3) is 2.39. The molecule has 1 aliphatic heterocycles. The monoisotopic (exact) mass is 258 g/mol. The maximum atomic E-state index is 5.57. The van der Waals surface area contributed by atoms with Crippen LogP contribution in [0.3, 0.4) is 0 Å². The Morgan fingerprint density at radius 3 is 3.16 bits per heavy atom. The van der Waals surface area contributed by atoms with Gasteiger partial charge < -0.3 is 15.0 Å². The highest BCUT2D eigenvalue weighted by atomic mass is 16.5. The van der Waals surface area contributed by atoms with Crippen LogP contribution in [0.5, 0.6) is 0 Å². The maximum Gasteiger partial charge on any atom is 0.140 e. The van der Waals surface area contributed by atoms with Gasteiger partial charge in [-0.2, -0.15) is 0 Å². The topological polar surface area (TPSA) is 50.3 Å². The number of hydrogen-bond donors (Lipinski definition) is 1. The van der Waals surface area contributed by atoms with Crippen molar-refractivity contribution in [3.63, 3.8) is 0 Å². The molecule has 2 aromatic rings. The molecule has 0 spiro atoms. The molecule has 5 nitrogen and oxygen atoms in total. The van der Waals surface area contributed by atoms with E-state index in [1.165, 1.54) is 0 Å². The molecule has 1 N–H and O–H groups in total. The predicted octanol–water partition coefficient (Wildman–Crippen LogP) is 1.05. The molecule has 0 radical (unpaired) electrons. The van der Waals surface area contributed by atoms with Crippen LogP contribution in [0, 0.1) is 0 Å². The van der Waals surface area contributed by atoms with E-state index in [2.05, 4.69) is 26.3 Å². The molecule has 1 unspecified atom stereocenters. The average Bonchev–Trinajstić information content (AvgIpc) is 2.48. The fraction of sp³-hybridized carbons (Fsp3) is 0.429. The van der Waals surface area contributed by atoms with Crippen LogP contribution >= 0.6 is 0 Å². The molecule has 2 heterocycles. The molecule has 100 valence electrons. The maximum absolute atomic E-state index is 5.57. The molecule has 1 aromatic heterocycles. The Morgan fingerprint density at radius 1 is 1.37 bits per heavy atom. The molecule has 0 saturated carbocycles. The molecule has 1 aromatic carbocycles. The van der Waals surface area contributed by atoms with Crippen molar-refractivity contribution in [3.8, 4) is 0 Å². The summed E-state index contributed by atoms with van der Waals surface area (Å²) in [6, 6.07) is 8.45. The minimum absolute atomic E-state index is 0.317. The third-order valence-corrected chi connectivity index (χ3v) is 3.46. The van der Waals surface area contributed by atoms with Crippen molar-refractivity contribution >= 4 is 16.7 Å². The Labute approximate surface area is 112 Å². The summed E-state index contributed by atoms with van der Waals surface area (Å²) in [6.07, 6.45) is 1.64. The van der Waals surface area contributed by atoms with Crippen LogP contribution in [0.2, 0.25) is 0 Å². The molecular formula is C14H18N4O. The van der Waals surface area contributed by atoms with Crippen LogP contribution in [0.1, 0.15) is 0 Å². The van der Waals surface area contributed by atoms with Crippen LogP contribution in [-0.2, 0) is 4.74 Å². The van der Waals surface area contributed by atoms with E-state index >= 15 is 0 Å². The lowest BCUT2D eigenvalue weighted by Gasteiger charge is -2.36. The van der Waals surface area contributed by atoms with Gasteiger partial charge in [-0.15, -0.1) is 0 Å². The number of ether oxygens (including phenoxy) is 1. The molecule has 1 aliphatic rings. The van der Waals surface area contributed by atoms with Gasteiger partial charge in [0.15, 0.2) is 0 Å². The van der Waals surface area contributed by atoms with Crippen molar-refractivity contribution in [3.05, 3.63) is 30.6 Å². The van der Waals surface area contributed by atoms with E-state index in [4.69, 9.17) is 4.74 Å². The molecule has 3 rings (SSSR count). The summed E-state index contributed by atoms with van der Waals surface area (Å²) < 4.78 is 5.57. The molecule has 1 atom stereocenters. The Morgan fingerprint density at radius 2 is 2.26 bits per heavy atom. The summed E-state index contributed by atoms with van der Waals surface area (Å²) in [5.41, 5.74) is 0.988. The summed E-state index contributed by atoms with van der Waals surface area (Å²) >= 11 is 0. The number of fused-ring (bicyclic) bond motifs is 1. The second-order valence-electron chi connectivity index (χ2n) is 4.69. The van der Waals surface area contributed by atoms with Crippen molar-refractivity contribution in [2.75, 3.05) is 38.3 Å². The van der Waals surface area contributed by atoms with E-state index in [0.717, 1.165) is 43.0 Å². The van der Waals surface area contributed by atoms with Gasteiger partial charge in [0.2, 0.25) is 0 Å². The van der Waals surface area contributed by atoms with Crippen LogP contribution in [0.4, 0.5) is 5.82 Å². The first kappa shape index (κ1) is 12.3. The lowest BCUT2D eigenvalue weighted by Crippen LogP contribution is -2.50. The Bertz CT molecular complexity index is 553. The van der Waals surface area contributed by atoms with Gasteiger partial charge >= 0.3 is 0 Å². The van der Waals surface area contributed by atoms with Gasteiger partial charge in [-0.3, -0.25) is 0 Å². The van der Waals surface area contributed by atoms with E-state index in [-0.39, 0.29) is 0 Å². The largest absolute Gasteiger partial charge is 0.377 e. The van der Waals surface area contributed by atoms with E-state index < -0.39 is 0 Å². The molecule has 0 aliphatic carbocycles. The second-order valence-corrected chi connectivity index (χ2v) is 4.69. The van der Waals surface area contributed by atoms with Gasteiger partial charge in [-0.1, -0.05) is 12.1 Å². The van der Waals surface area contributed by atoms with Crippen molar-refractivity contribution in [1.82, 2.24) is 15.3 Å². The molecule has 5 heteroatoms. The van der Waals surface area contributed by atoms with Crippen LogP contribution in [0.25, 0.3) is 10.9 Å². The van der Waals surface area contributed by atoms with E-state index in [0.29, 0.717) is 6.04 Å². The third-order valence-electron chi connectivity index (χ3n) is 3.46. The van der Waals surface area contributed by atoms with Crippen molar-refractivity contribution < 1.29 is 4.74 Å². The number of aromatic nitrogens is 2. The lowest BCUT2D eigenvalue weighted by molar-refractivity contribution is 0.0940. The number of rotatable bonds is 3. The van der Waals surface area contributed by atoms with Crippen LogP contribution < -0.4 is 10.2 Å². The first-order chi connectivity index (χ1) is 9.40. The second kappa shape index (κ2) is 5.50. The first-order valence-electron chi connectivity index (χ1n) is 6.59. The quantitative estimate of drug-likeness (QED) is 0.892. The molecule has 0 amide bonds.